The molecule has 0 amide bonds. The van der Waals surface area contributed by atoms with E-state index < -0.39 is 11.0 Å². The molecule has 3 N–H and O–H groups in total. The van der Waals surface area contributed by atoms with Gasteiger partial charge in [-0.3, -0.25) is 4.79 Å². The molecule has 1 atom stereocenters. The third-order valence-corrected chi connectivity index (χ3v) is 7.33. The predicted octanol–water partition coefficient (Wildman–Crippen LogP) is 6.71. The van der Waals surface area contributed by atoms with Gasteiger partial charge in [0.1, 0.15) is 5.78 Å². The molecule has 0 saturated heterocycles. The Morgan fingerprint density at radius 3 is 2.14 bits per heavy atom. The van der Waals surface area contributed by atoms with Crippen molar-refractivity contribution >= 4 is 45.7 Å². The van der Waals surface area contributed by atoms with Crippen molar-refractivity contribution in [2.24, 2.45) is 0 Å². The highest BCUT2D eigenvalue weighted by Crippen LogP contribution is 2.27. The van der Waals surface area contributed by atoms with Gasteiger partial charge in [-0.1, -0.05) is 89.9 Å². The van der Waals surface area contributed by atoms with E-state index in [4.69, 9.17) is 23.2 Å². The van der Waals surface area contributed by atoms with Crippen LogP contribution in [0, 0.1) is 0 Å². The summed E-state index contributed by atoms with van der Waals surface area (Å²) in [6.45, 7) is 0. The molecule has 1 unspecified atom stereocenters. The highest BCUT2D eigenvalue weighted by Gasteiger charge is 2.12. The number of nitrogens with one attached hydrogen (secondary N) is 1. The Hall–Kier alpha value is -2.96. The molecule has 0 bridgehead atoms. The molecule has 0 heterocycles. The van der Waals surface area contributed by atoms with Crippen molar-refractivity contribution < 1.29 is 14.5 Å². The van der Waals surface area contributed by atoms with E-state index in [-0.39, 0.29) is 11.3 Å². The fourth-order valence-corrected chi connectivity index (χ4v) is 5.00. The molecule has 4 nitrogen and oxygen atoms in total. The molecule has 0 aromatic heterocycles. The number of halogens is 2. The second kappa shape index (κ2) is 12.7. The van der Waals surface area contributed by atoms with Crippen molar-refractivity contribution in [2.75, 3.05) is 4.72 Å². The molecule has 0 radical (unpaired) electrons. The molecule has 0 saturated carbocycles. The summed E-state index contributed by atoms with van der Waals surface area (Å²) >= 11 is 12.0. The van der Waals surface area contributed by atoms with Crippen LogP contribution < -0.4 is 4.72 Å². The zero-order valence-corrected chi connectivity index (χ0v) is 21.2. The minimum absolute atomic E-state index is 0. The Morgan fingerprint density at radius 2 is 1.43 bits per heavy atom. The minimum atomic E-state index is -1.43. The summed E-state index contributed by atoms with van der Waals surface area (Å²) in [6.07, 6.45) is 1.40. The number of Topliss-reactive ketones (excluding diaryl/α,β-unsaturated/α-hetero) is 1. The van der Waals surface area contributed by atoms with E-state index in [1.807, 2.05) is 84.9 Å². The molecule has 35 heavy (non-hydrogen) atoms. The molecule has 4 aromatic rings. The monoisotopic (exact) mass is 525 g/mol. The van der Waals surface area contributed by atoms with Crippen LogP contribution in [-0.4, -0.2) is 15.5 Å². The number of rotatable bonds is 9. The van der Waals surface area contributed by atoms with E-state index in [0.29, 0.717) is 29.3 Å². The van der Waals surface area contributed by atoms with Crippen LogP contribution in [0.25, 0.3) is 11.1 Å². The summed E-state index contributed by atoms with van der Waals surface area (Å²) in [6, 6.07) is 30.5. The van der Waals surface area contributed by atoms with Gasteiger partial charge in [0.2, 0.25) is 0 Å². The van der Waals surface area contributed by atoms with E-state index in [1.165, 1.54) is 0 Å². The number of anilines is 1. The third-order valence-electron chi connectivity index (χ3n) is 5.41. The van der Waals surface area contributed by atoms with Crippen LogP contribution in [0.5, 0.6) is 0 Å². The van der Waals surface area contributed by atoms with E-state index in [9.17, 15) is 9.00 Å². The topological polar surface area (TPSA) is 77.7 Å². The first-order valence-corrected chi connectivity index (χ1v) is 12.8. The van der Waals surface area contributed by atoms with Gasteiger partial charge in [0, 0.05) is 18.5 Å². The first-order valence-electron chi connectivity index (χ1n) is 10.9. The summed E-state index contributed by atoms with van der Waals surface area (Å²) in [5.41, 5.74) is 4.58. The van der Waals surface area contributed by atoms with Crippen LogP contribution in [0.2, 0.25) is 10.0 Å². The van der Waals surface area contributed by atoms with Gasteiger partial charge in [0.05, 0.1) is 14.9 Å². The first-order chi connectivity index (χ1) is 16.5. The molecule has 180 valence electrons. The maximum atomic E-state index is 13.1. The summed E-state index contributed by atoms with van der Waals surface area (Å²) in [5, 5.41) is 1.01. The SMILES string of the molecule is O.O=C(CCc1ccc(Cl)c(Cl)c1)Cc1ccc(NS(=O)c2ccccc2-c2ccccc2)cc1. The Morgan fingerprint density at radius 1 is 0.771 bits per heavy atom. The van der Waals surface area contributed by atoms with Crippen LogP contribution in [0.4, 0.5) is 5.69 Å². The lowest BCUT2D eigenvalue weighted by molar-refractivity contribution is -0.118. The fraction of sp³-hybridized carbons (Fsp3) is 0.107. The van der Waals surface area contributed by atoms with Crippen molar-refractivity contribution in [3.05, 3.63) is 118 Å². The predicted molar refractivity (Wildman–Crippen MR) is 145 cm³/mol. The van der Waals surface area contributed by atoms with Crippen LogP contribution in [0.3, 0.4) is 0 Å². The number of carbonyl (C=O) groups excluding carboxylic acids is 1. The molecule has 0 aliphatic rings. The number of ketones is 1. The zero-order valence-electron chi connectivity index (χ0n) is 18.8. The van der Waals surface area contributed by atoms with Crippen LogP contribution in [-0.2, 0) is 28.6 Å². The summed E-state index contributed by atoms with van der Waals surface area (Å²) in [4.78, 5) is 13.2. The van der Waals surface area contributed by atoms with Gasteiger partial charge in [0.25, 0.3) is 0 Å². The van der Waals surface area contributed by atoms with Crippen molar-refractivity contribution in [3.8, 4) is 11.1 Å². The second-order valence-corrected chi connectivity index (χ2v) is 9.89. The van der Waals surface area contributed by atoms with Crippen molar-refractivity contribution in [2.45, 2.75) is 24.2 Å². The average molecular weight is 526 g/mol. The number of hydrogen-bond acceptors (Lipinski definition) is 2. The lowest BCUT2D eigenvalue weighted by atomic mass is 10.0. The minimum Gasteiger partial charge on any atom is -0.412 e. The van der Waals surface area contributed by atoms with Gasteiger partial charge in [0.15, 0.2) is 11.0 Å². The van der Waals surface area contributed by atoms with Gasteiger partial charge in [-0.05, 0) is 59.0 Å². The third kappa shape index (κ3) is 7.26. The largest absolute Gasteiger partial charge is 0.412 e. The van der Waals surface area contributed by atoms with Gasteiger partial charge in [-0.2, -0.15) is 0 Å². The van der Waals surface area contributed by atoms with Crippen molar-refractivity contribution in [3.63, 3.8) is 0 Å². The normalized spacial score (nSPS) is 11.4. The van der Waals surface area contributed by atoms with E-state index in [0.717, 1.165) is 32.8 Å². The Labute approximate surface area is 217 Å². The maximum Gasteiger partial charge on any atom is 0.150 e. The van der Waals surface area contributed by atoms with E-state index in [2.05, 4.69) is 4.72 Å². The summed E-state index contributed by atoms with van der Waals surface area (Å²) < 4.78 is 16.1. The van der Waals surface area contributed by atoms with Crippen LogP contribution >= 0.6 is 23.2 Å². The molecular weight excluding hydrogens is 501 g/mol. The van der Waals surface area contributed by atoms with E-state index >= 15 is 0 Å². The second-order valence-electron chi connectivity index (χ2n) is 7.89. The van der Waals surface area contributed by atoms with Gasteiger partial charge < -0.3 is 10.2 Å². The van der Waals surface area contributed by atoms with Gasteiger partial charge in [-0.15, -0.1) is 0 Å². The number of carbonyl (C=O) groups is 1. The molecule has 0 aliphatic heterocycles. The number of aryl methyl sites for hydroxylation is 1. The molecule has 0 fully saturated rings. The Bertz CT molecular complexity index is 1310. The van der Waals surface area contributed by atoms with E-state index in [1.54, 1.807) is 12.1 Å². The summed E-state index contributed by atoms with van der Waals surface area (Å²) in [7, 11) is -1.43. The Kier molecular flexibility index (Phi) is 9.64. The standard InChI is InChI=1S/C28H23Cl2NO2S.H2O/c29-26-17-13-21(19-27(26)30)12-16-24(32)18-20-10-14-23(15-11-20)31-34(33)28-9-5-4-8-25(28)22-6-2-1-3-7-22;/h1-11,13-15,17,19,31H,12,16,18H2;1H2. The fourth-order valence-electron chi connectivity index (χ4n) is 3.63. The number of hydrogen-bond donors (Lipinski definition) is 1. The number of benzene rings is 4. The summed E-state index contributed by atoms with van der Waals surface area (Å²) in [5.74, 6) is 0.146. The van der Waals surface area contributed by atoms with Gasteiger partial charge >= 0.3 is 0 Å². The molecule has 4 rings (SSSR count). The van der Waals surface area contributed by atoms with Crippen LogP contribution in [0.1, 0.15) is 17.5 Å². The first kappa shape index (κ1) is 26.6. The quantitative estimate of drug-likeness (QED) is 0.263. The van der Waals surface area contributed by atoms with Crippen molar-refractivity contribution in [1.29, 1.82) is 0 Å². The smallest absolute Gasteiger partial charge is 0.150 e. The van der Waals surface area contributed by atoms with Gasteiger partial charge in [-0.25, -0.2) is 4.21 Å². The average Bonchev–Trinajstić information content (AvgIpc) is 2.86. The lowest BCUT2D eigenvalue weighted by Crippen LogP contribution is -2.07. The highest BCUT2D eigenvalue weighted by molar-refractivity contribution is 7.86. The molecule has 7 heteroatoms. The molecular formula is C28H25Cl2NO3S. The molecule has 0 aliphatic carbocycles. The maximum absolute atomic E-state index is 13.1. The van der Waals surface area contributed by atoms with Crippen molar-refractivity contribution in [1.82, 2.24) is 0 Å². The Balaban J connectivity index is 0.00000342. The highest BCUT2D eigenvalue weighted by atomic mass is 35.5. The molecule has 0 spiro atoms. The molecule has 4 aromatic carbocycles. The zero-order chi connectivity index (χ0) is 23.9. The lowest BCUT2D eigenvalue weighted by Gasteiger charge is -2.11. The van der Waals surface area contributed by atoms with Crippen LogP contribution in [0.15, 0.2) is 102 Å².